The summed E-state index contributed by atoms with van der Waals surface area (Å²) in [6.07, 6.45) is -11.0. The molecule has 10 heteroatoms. The molecule has 0 heterocycles. The number of hydrogen-bond acceptors (Lipinski definition) is 0. The summed E-state index contributed by atoms with van der Waals surface area (Å²) >= 11 is 0. The summed E-state index contributed by atoms with van der Waals surface area (Å²) in [6, 6.07) is 0. The van der Waals surface area contributed by atoms with Crippen LogP contribution in [0.1, 0.15) is 0 Å². The van der Waals surface area contributed by atoms with Crippen LogP contribution in [-0.2, 0) is 0 Å². The van der Waals surface area contributed by atoms with Gasteiger partial charge in [-0.1, -0.05) is 0 Å². The summed E-state index contributed by atoms with van der Waals surface area (Å²) in [6.45, 7) is 0. The molecule has 0 aromatic carbocycles. The third kappa shape index (κ3) is 3.00. The third-order valence-electron chi connectivity index (χ3n) is 0.988. The quantitative estimate of drug-likeness (QED) is 0.528. The van der Waals surface area contributed by atoms with Crippen molar-refractivity contribution in [3.05, 3.63) is 6.43 Å². The Morgan fingerprint density at radius 1 is 0.714 bits per heavy atom. The molecule has 0 unspecified atom stereocenters. The average Bonchev–Trinajstić information content (AvgIpc) is 1.84. The van der Waals surface area contributed by atoms with Gasteiger partial charge in [0.2, 0.25) is 0 Å². The summed E-state index contributed by atoms with van der Waals surface area (Å²) < 4.78 is 102. The number of alkyl halides is 7. The first-order chi connectivity index (χ1) is 5.44. The normalized spacial score (nSPS) is 14.1. The Kier molecular flexibility index (Phi) is 6.08. The monoisotopic (exact) mass is 259 g/mol. The molecule has 0 rings (SSSR count). The van der Waals surface area contributed by atoms with Gasteiger partial charge in [0.15, 0.2) is 0 Å². The topological polar surface area (TPSA) is 0 Å². The molecule has 0 amide bonds. The van der Waals surface area contributed by atoms with Gasteiger partial charge in [-0.3, -0.25) is 0 Å². The second-order valence-electron chi connectivity index (χ2n) is 1.91. The maximum absolute atomic E-state index is 11.6. The van der Waals surface area contributed by atoms with Crippen LogP contribution in [0.15, 0.2) is 0 Å². The molecule has 0 atom stereocenters. The fraction of sp³-hybridized carbons (Fsp3) is 0.750. The van der Waals surface area contributed by atoms with E-state index < -0.39 is 24.4 Å². The van der Waals surface area contributed by atoms with Crippen molar-refractivity contribution in [3.8, 4) is 0 Å². The van der Waals surface area contributed by atoms with E-state index in [1.54, 1.807) is 0 Å². The summed E-state index contributed by atoms with van der Waals surface area (Å²) in [5.74, 6) is -13.3. The predicted molar refractivity (Wildman–Crippen MR) is 28.6 cm³/mol. The molecule has 0 aromatic rings. The molecule has 1 radical (unpaired) electrons. The Hall–Kier alpha value is 1.01. The van der Waals surface area contributed by atoms with Crippen molar-refractivity contribution in [2.45, 2.75) is 18.0 Å². The van der Waals surface area contributed by atoms with Gasteiger partial charge in [0.1, 0.15) is 0 Å². The summed E-state index contributed by atoms with van der Waals surface area (Å²) in [4.78, 5) is 0. The minimum absolute atomic E-state index is 0. The van der Waals surface area contributed by atoms with Gasteiger partial charge in [0.05, 0.1) is 0 Å². The fourth-order valence-corrected chi connectivity index (χ4v) is 0.297. The second kappa shape index (κ2) is 4.89. The van der Waals surface area contributed by atoms with Crippen LogP contribution in [0.2, 0.25) is 0 Å². The van der Waals surface area contributed by atoms with Gasteiger partial charge in [-0.15, -0.1) is 0 Å². The molecule has 0 aliphatic heterocycles. The van der Waals surface area contributed by atoms with Gasteiger partial charge in [-0.25, -0.2) is 0 Å². The van der Waals surface area contributed by atoms with E-state index in [-0.39, 0.29) is 51.4 Å². The van der Waals surface area contributed by atoms with Crippen LogP contribution in [-0.4, -0.2) is 69.4 Å². The second-order valence-corrected chi connectivity index (χ2v) is 1.91. The van der Waals surface area contributed by atoms with Gasteiger partial charge in [-0.2, -0.15) is 39.5 Å². The average molecular weight is 259 g/mol. The first kappa shape index (κ1) is 17.4. The van der Waals surface area contributed by atoms with Gasteiger partial charge < -0.3 is 0 Å². The molecule has 0 aliphatic carbocycles. The zero-order valence-electron chi connectivity index (χ0n) is 5.40. The Balaban J connectivity index is 0. The SMILES string of the molecule is F[C](F)C(F)(F)C(F)(F)C(F)(F)F.[KH]. The Labute approximate surface area is 114 Å². The molecule has 0 bridgehead atoms. The van der Waals surface area contributed by atoms with Crippen LogP contribution >= 0.6 is 0 Å². The molecule has 0 saturated carbocycles. The molecule has 0 aromatic heterocycles. The van der Waals surface area contributed by atoms with Crippen molar-refractivity contribution >= 4 is 51.4 Å². The van der Waals surface area contributed by atoms with Crippen molar-refractivity contribution in [2.24, 2.45) is 0 Å². The number of hydrogen-bond donors (Lipinski definition) is 0. The fourth-order valence-electron chi connectivity index (χ4n) is 0.297. The molecule has 14 heavy (non-hydrogen) atoms. The predicted octanol–water partition coefficient (Wildman–Crippen LogP) is 2.60. The van der Waals surface area contributed by atoms with E-state index in [9.17, 15) is 39.5 Å². The van der Waals surface area contributed by atoms with Crippen LogP contribution in [0.4, 0.5) is 39.5 Å². The molecule has 0 N–H and O–H groups in total. The van der Waals surface area contributed by atoms with Crippen molar-refractivity contribution in [3.63, 3.8) is 0 Å². The van der Waals surface area contributed by atoms with Crippen molar-refractivity contribution in [1.82, 2.24) is 0 Å². The molecular formula is C4HF9K. The van der Waals surface area contributed by atoms with Crippen LogP contribution in [0.25, 0.3) is 0 Å². The molecule has 81 valence electrons. The van der Waals surface area contributed by atoms with Gasteiger partial charge in [-0.05, 0) is 0 Å². The summed E-state index contributed by atoms with van der Waals surface area (Å²) in [7, 11) is 0. The molecule has 0 saturated heterocycles. The van der Waals surface area contributed by atoms with Gasteiger partial charge in [0, 0.05) is 0 Å². The Morgan fingerprint density at radius 3 is 1.07 bits per heavy atom. The zero-order valence-corrected chi connectivity index (χ0v) is 5.40. The first-order valence-corrected chi connectivity index (χ1v) is 2.45. The third-order valence-corrected chi connectivity index (χ3v) is 0.988. The van der Waals surface area contributed by atoms with E-state index in [4.69, 9.17) is 0 Å². The van der Waals surface area contributed by atoms with Gasteiger partial charge >= 0.3 is 75.8 Å². The van der Waals surface area contributed by atoms with E-state index in [1.165, 1.54) is 0 Å². The van der Waals surface area contributed by atoms with E-state index in [0.717, 1.165) is 0 Å². The van der Waals surface area contributed by atoms with E-state index in [1.807, 2.05) is 0 Å². The van der Waals surface area contributed by atoms with Crippen molar-refractivity contribution < 1.29 is 39.5 Å². The Morgan fingerprint density at radius 2 is 1.00 bits per heavy atom. The first-order valence-electron chi connectivity index (χ1n) is 2.45. The van der Waals surface area contributed by atoms with Crippen LogP contribution in [0, 0.1) is 6.43 Å². The van der Waals surface area contributed by atoms with E-state index in [2.05, 4.69) is 0 Å². The van der Waals surface area contributed by atoms with Crippen molar-refractivity contribution in [1.29, 1.82) is 0 Å². The van der Waals surface area contributed by atoms with Crippen molar-refractivity contribution in [2.75, 3.05) is 0 Å². The summed E-state index contributed by atoms with van der Waals surface area (Å²) in [5.41, 5.74) is 0. The molecule has 0 aliphatic rings. The summed E-state index contributed by atoms with van der Waals surface area (Å²) in [5, 5.41) is 0. The standard InChI is InChI=1S/C4F9.K.H/c5-1(6)2(7,8)3(9,10)4(11,12)13;;. The zero-order chi connectivity index (χ0) is 11.1. The van der Waals surface area contributed by atoms with Crippen LogP contribution in [0.3, 0.4) is 0 Å². The van der Waals surface area contributed by atoms with Crippen LogP contribution in [0.5, 0.6) is 0 Å². The minimum atomic E-state index is -6.77. The molecule has 0 nitrogen and oxygen atoms in total. The molecule has 0 fully saturated rings. The molecule has 0 spiro atoms. The Bertz CT molecular complexity index is 182. The molecular weight excluding hydrogens is 258 g/mol. The van der Waals surface area contributed by atoms with Crippen LogP contribution < -0.4 is 0 Å². The van der Waals surface area contributed by atoms with Gasteiger partial charge in [0.25, 0.3) is 0 Å². The number of halogens is 9. The maximum atomic E-state index is 11.6. The van der Waals surface area contributed by atoms with E-state index >= 15 is 0 Å². The van der Waals surface area contributed by atoms with E-state index in [0.29, 0.717) is 0 Å². The number of rotatable bonds is 2.